The summed E-state index contributed by atoms with van der Waals surface area (Å²) in [5.74, 6) is 0.924. The molecule has 2 aromatic rings. The van der Waals surface area contributed by atoms with Crippen LogP contribution in [0.4, 0.5) is 11.4 Å². The van der Waals surface area contributed by atoms with Crippen LogP contribution in [-0.2, 0) is 6.42 Å². The Balaban J connectivity index is 1.81. The number of ether oxygens (including phenoxy) is 1. The van der Waals surface area contributed by atoms with Crippen LogP contribution in [0.25, 0.3) is 0 Å². The molecule has 0 atom stereocenters. The molecule has 0 aliphatic carbocycles. The van der Waals surface area contributed by atoms with Crippen LogP contribution in [0.1, 0.15) is 12.5 Å². The Morgan fingerprint density at radius 3 is 2.25 bits per heavy atom. The molecular weight excluding hydrogens is 248 g/mol. The van der Waals surface area contributed by atoms with E-state index in [2.05, 4.69) is 31.0 Å². The Hall–Kier alpha value is -2.16. The molecule has 0 unspecified atom stereocenters. The predicted octanol–water partition coefficient (Wildman–Crippen LogP) is 3.35. The smallest absolute Gasteiger partial charge is 0.119 e. The Bertz CT molecular complexity index is 520. The summed E-state index contributed by atoms with van der Waals surface area (Å²) in [7, 11) is 2.05. The van der Waals surface area contributed by atoms with Crippen molar-refractivity contribution in [2.75, 3.05) is 30.8 Å². The minimum Gasteiger partial charge on any atom is -0.492 e. The fourth-order valence-electron chi connectivity index (χ4n) is 1.98. The number of rotatable bonds is 6. The molecule has 0 amide bonds. The third kappa shape index (κ3) is 3.92. The topological polar surface area (TPSA) is 38.5 Å². The summed E-state index contributed by atoms with van der Waals surface area (Å²) < 4.78 is 5.76. The number of anilines is 2. The van der Waals surface area contributed by atoms with Gasteiger partial charge in [0.1, 0.15) is 12.4 Å². The third-order valence-corrected chi connectivity index (χ3v) is 3.36. The predicted molar refractivity (Wildman–Crippen MR) is 85.4 cm³/mol. The second kappa shape index (κ2) is 6.85. The van der Waals surface area contributed by atoms with E-state index in [9.17, 15) is 0 Å². The number of aryl methyl sites for hydroxylation is 1. The van der Waals surface area contributed by atoms with E-state index < -0.39 is 0 Å². The Labute approximate surface area is 121 Å². The first kappa shape index (κ1) is 14.3. The highest BCUT2D eigenvalue weighted by molar-refractivity contribution is 5.52. The van der Waals surface area contributed by atoms with Crippen LogP contribution < -0.4 is 15.4 Å². The Kier molecular flexibility index (Phi) is 4.88. The summed E-state index contributed by atoms with van der Waals surface area (Å²) in [5.41, 5.74) is 8.94. The molecule has 106 valence electrons. The fourth-order valence-corrected chi connectivity index (χ4v) is 1.98. The zero-order valence-corrected chi connectivity index (χ0v) is 12.2. The Morgan fingerprint density at radius 1 is 1.00 bits per heavy atom. The van der Waals surface area contributed by atoms with Crippen LogP contribution in [0.5, 0.6) is 5.75 Å². The van der Waals surface area contributed by atoms with E-state index in [0.717, 1.165) is 30.1 Å². The van der Waals surface area contributed by atoms with E-state index in [1.807, 2.05) is 36.4 Å². The fraction of sp³-hybridized carbons (Fsp3) is 0.294. The molecule has 0 saturated carbocycles. The largest absolute Gasteiger partial charge is 0.492 e. The molecule has 3 nitrogen and oxygen atoms in total. The SMILES string of the molecule is CCc1ccc(OCCN(C)c2ccc(N)cc2)cc1. The maximum absolute atomic E-state index is 5.76. The Morgan fingerprint density at radius 2 is 1.65 bits per heavy atom. The molecule has 20 heavy (non-hydrogen) atoms. The van der Waals surface area contributed by atoms with Crippen LogP contribution in [0.2, 0.25) is 0 Å². The highest BCUT2D eigenvalue weighted by Crippen LogP contribution is 2.15. The van der Waals surface area contributed by atoms with Gasteiger partial charge in [-0.25, -0.2) is 0 Å². The molecule has 0 bridgehead atoms. The van der Waals surface area contributed by atoms with E-state index in [4.69, 9.17) is 10.5 Å². The van der Waals surface area contributed by atoms with Crippen molar-refractivity contribution >= 4 is 11.4 Å². The monoisotopic (exact) mass is 270 g/mol. The normalized spacial score (nSPS) is 10.3. The van der Waals surface area contributed by atoms with Crippen LogP contribution in [-0.4, -0.2) is 20.2 Å². The van der Waals surface area contributed by atoms with E-state index >= 15 is 0 Å². The highest BCUT2D eigenvalue weighted by atomic mass is 16.5. The first-order chi connectivity index (χ1) is 9.69. The third-order valence-electron chi connectivity index (χ3n) is 3.36. The van der Waals surface area contributed by atoms with Crippen molar-refractivity contribution in [2.45, 2.75) is 13.3 Å². The van der Waals surface area contributed by atoms with Gasteiger partial charge < -0.3 is 15.4 Å². The lowest BCUT2D eigenvalue weighted by Gasteiger charge is -2.19. The zero-order valence-electron chi connectivity index (χ0n) is 12.2. The van der Waals surface area contributed by atoms with Gasteiger partial charge in [-0.05, 0) is 48.4 Å². The average Bonchev–Trinajstić information content (AvgIpc) is 2.48. The van der Waals surface area contributed by atoms with E-state index in [0.29, 0.717) is 6.61 Å². The van der Waals surface area contributed by atoms with Crippen molar-refractivity contribution in [3.05, 3.63) is 54.1 Å². The number of nitrogens with two attached hydrogens (primary N) is 1. The van der Waals surface area contributed by atoms with Crippen LogP contribution >= 0.6 is 0 Å². The first-order valence-corrected chi connectivity index (χ1v) is 6.97. The molecule has 2 N–H and O–H groups in total. The van der Waals surface area contributed by atoms with Crippen molar-refractivity contribution in [1.82, 2.24) is 0 Å². The molecule has 0 saturated heterocycles. The molecule has 0 aromatic heterocycles. The van der Waals surface area contributed by atoms with E-state index in [1.54, 1.807) is 0 Å². The van der Waals surface area contributed by atoms with Gasteiger partial charge in [-0.2, -0.15) is 0 Å². The number of hydrogen-bond acceptors (Lipinski definition) is 3. The first-order valence-electron chi connectivity index (χ1n) is 6.97. The quantitative estimate of drug-likeness (QED) is 0.818. The molecule has 2 aromatic carbocycles. The van der Waals surface area contributed by atoms with Crippen LogP contribution in [0, 0.1) is 0 Å². The number of benzene rings is 2. The van der Waals surface area contributed by atoms with E-state index in [1.165, 1.54) is 5.56 Å². The van der Waals surface area contributed by atoms with E-state index in [-0.39, 0.29) is 0 Å². The molecule has 0 radical (unpaired) electrons. The molecule has 0 aliphatic heterocycles. The number of likely N-dealkylation sites (N-methyl/N-ethyl adjacent to an activating group) is 1. The van der Waals surface area contributed by atoms with Crippen LogP contribution in [0.3, 0.4) is 0 Å². The van der Waals surface area contributed by atoms with Gasteiger partial charge in [0, 0.05) is 18.4 Å². The second-order valence-corrected chi connectivity index (χ2v) is 4.86. The summed E-state index contributed by atoms with van der Waals surface area (Å²) in [5, 5.41) is 0. The summed E-state index contributed by atoms with van der Waals surface area (Å²) in [4.78, 5) is 2.15. The highest BCUT2D eigenvalue weighted by Gasteiger charge is 2.01. The summed E-state index contributed by atoms with van der Waals surface area (Å²) in [6, 6.07) is 16.1. The number of nitrogens with zero attached hydrogens (tertiary/aromatic N) is 1. The van der Waals surface area contributed by atoms with Gasteiger partial charge in [0.05, 0.1) is 6.54 Å². The molecule has 0 spiro atoms. The lowest BCUT2D eigenvalue weighted by atomic mass is 10.2. The van der Waals surface area contributed by atoms with Crippen molar-refractivity contribution < 1.29 is 4.74 Å². The maximum atomic E-state index is 5.76. The van der Waals surface area contributed by atoms with Gasteiger partial charge in [0.25, 0.3) is 0 Å². The van der Waals surface area contributed by atoms with Crippen molar-refractivity contribution in [3.63, 3.8) is 0 Å². The van der Waals surface area contributed by atoms with Gasteiger partial charge in [-0.3, -0.25) is 0 Å². The summed E-state index contributed by atoms with van der Waals surface area (Å²) >= 11 is 0. The molecule has 3 heteroatoms. The summed E-state index contributed by atoms with van der Waals surface area (Å²) in [6.45, 7) is 3.64. The maximum Gasteiger partial charge on any atom is 0.119 e. The lowest BCUT2D eigenvalue weighted by molar-refractivity contribution is 0.326. The minimum absolute atomic E-state index is 0.659. The molecule has 0 heterocycles. The van der Waals surface area contributed by atoms with Gasteiger partial charge in [0.2, 0.25) is 0 Å². The zero-order chi connectivity index (χ0) is 14.4. The molecule has 0 aliphatic rings. The van der Waals surface area contributed by atoms with Gasteiger partial charge in [-0.1, -0.05) is 19.1 Å². The van der Waals surface area contributed by atoms with Crippen LogP contribution in [0.15, 0.2) is 48.5 Å². The minimum atomic E-state index is 0.659. The summed E-state index contributed by atoms with van der Waals surface area (Å²) in [6.07, 6.45) is 1.06. The van der Waals surface area contributed by atoms with Gasteiger partial charge >= 0.3 is 0 Å². The van der Waals surface area contributed by atoms with Gasteiger partial charge in [-0.15, -0.1) is 0 Å². The van der Waals surface area contributed by atoms with Crippen molar-refractivity contribution in [3.8, 4) is 5.75 Å². The van der Waals surface area contributed by atoms with Gasteiger partial charge in [0.15, 0.2) is 0 Å². The lowest BCUT2D eigenvalue weighted by Crippen LogP contribution is -2.23. The van der Waals surface area contributed by atoms with Crippen molar-refractivity contribution in [2.24, 2.45) is 0 Å². The molecular formula is C17H22N2O. The molecule has 0 fully saturated rings. The average molecular weight is 270 g/mol. The molecule has 2 rings (SSSR count). The standard InChI is InChI=1S/C17H22N2O/c1-3-14-4-10-17(11-5-14)20-13-12-19(2)16-8-6-15(18)7-9-16/h4-11H,3,12-13,18H2,1-2H3. The van der Waals surface area contributed by atoms with Crippen molar-refractivity contribution in [1.29, 1.82) is 0 Å². The number of hydrogen-bond donors (Lipinski definition) is 1. The second-order valence-electron chi connectivity index (χ2n) is 4.86. The number of nitrogen functional groups attached to an aromatic ring is 1.